The molecule has 0 heterocycles. The lowest BCUT2D eigenvalue weighted by Crippen LogP contribution is -2.30. The molecule has 0 spiro atoms. The molecule has 0 aliphatic rings. The minimum atomic E-state index is -3.90. The number of hydrogen-bond donors (Lipinski definition) is 1. The number of hydroxylamine groups is 1. The third kappa shape index (κ3) is 7.69. The maximum atomic E-state index is 13.6. The van der Waals surface area contributed by atoms with Crippen molar-refractivity contribution in [2.24, 2.45) is 0 Å². The van der Waals surface area contributed by atoms with Crippen molar-refractivity contribution in [1.82, 2.24) is 5.48 Å². The zero-order chi connectivity index (χ0) is 26.1. The lowest BCUT2D eigenvalue weighted by molar-refractivity contribution is -0.129. The van der Waals surface area contributed by atoms with Crippen LogP contribution in [0, 0.1) is 0 Å². The highest BCUT2D eigenvalue weighted by molar-refractivity contribution is 7.92. The topological polar surface area (TPSA) is 75.7 Å². The summed E-state index contributed by atoms with van der Waals surface area (Å²) in [5.41, 5.74) is 5.26. The van der Waals surface area contributed by atoms with E-state index in [0.29, 0.717) is 16.3 Å². The molecule has 0 radical (unpaired) electrons. The summed E-state index contributed by atoms with van der Waals surface area (Å²) in [6, 6.07) is 31.7. The van der Waals surface area contributed by atoms with Gasteiger partial charge in [-0.1, -0.05) is 84.4 Å². The molecule has 0 bridgehead atoms. The van der Waals surface area contributed by atoms with Crippen molar-refractivity contribution in [1.29, 1.82) is 0 Å². The first kappa shape index (κ1) is 28.9. The summed E-state index contributed by atoms with van der Waals surface area (Å²) in [6.07, 6.45) is 2.99. The van der Waals surface area contributed by atoms with E-state index in [-0.39, 0.29) is 30.5 Å². The van der Waals surface area contributed by atoms with Gasteiger partial charge in [0, 0.05) is 11.1 Å². The van der Waals surface area contributed by atoms with Gasteiger partial charge in [-0.05, 0) is 59.2 Å². The molecular weight excluding hydrogens is 543 g/mol. The molecule has 0 saturated heterocycles. The number of halogens is 2. The number of anilines is 1. The van der Waals surface area contributed by atoms with Crippen LogP contribution < -0.4 is 9.79 Å². The van der Waals surface area contributed by atoms with Crippen molar-refractivity contribution in [3.8, 4) is 0 Å². The van der Waals surface area contributed by atoms with Crippen LogP contribution in [-0.2, 0) is 32.8 Å². The number of hydrogen-bond acceptors (Lipinski definition) is 4. The summed E-state index contributed by atoms with van der Waals surface area (Å²) in [5, 5.41) is 0.451. The largest absolute Gasteiger partial charge is 0.269 e. The second-order valence-electron chi connectivity index (χ2n) is 8.07. The van der Waals surface area contributed by atoms with Crippen LogP contribution in [0.3, 0.4) is 0 Å². The standard InChI is InChI=1S/C29H25ClN2O4S.ClH/c30-26-16-18-28(19-17-26)37(34,35)32(27-13-5-2-6-14-27)21-25-12-8-7-11-24(25)15-20-29(33)31-36-22-23-9-3-1-4-10-23;/h1-20H,21-22H2,(H,31,33);1H. The number of sulfonamides is 1. The highest BCUT2D eigenvalue weighted by atomic mass is 35.5. The Kier molecular flexibility index (Phi) is 10.5. The predicted molar refractivity (Wildman–Crippen MR) is 153 cm³/mol. The van der Waals surface area contributed by atoms with Gasteiger partial charge in [-0.25, -0.2) is 13.9 Å². The van der Waals surface area contributed by atoms with Crippen LogP contribution in [0.4, 0.5) is 5.69 Å². The minimum Gasteiger partial charge on any atom is -0.269 e. The number of nitrogens with zero attached hydrogens (tertiary/aromatic N) is 1. The summed E-state index contributed by atoms with van der Waals surface area (Å²) in [4.78, 5) is 17.7. The van der Waals surface area contributed by atoms with Crippen molar-refractivity contribution in [2.75, 3.05) is 4.31 Å². The van der Waals surface area contributed by atoms with E-state index in [9.17, 15) is 13.2 Å². The number of benzene rings is 4. The average molecular weight is 570 g/mol. The molecule has 0 aromatic heterocycles. The minimum absolute atomic E-state index is 0. The van der Waals surface area contributed by atoms with Crippen LogP contribution in [0.2, 0.25) is 5.02 Å². The number of carbonyl (C=O) groups is 1. The molecule has 0 aliphatic carbocycles. The molecule has 1 amide bonds. The Labute approximate surface area is 233 Å². The highest BCUT2D eigenvalue weighted by Gasteiger charge is 2.25. The molecule has 4 aromatic rings. The monoisotopic (exact) mass is 568 g/mol. The van der Waals surface area contributed by atoms with E-state index >= 15 is 0 Å². The molecule has 0 unspecified atom stereocenters. The molecule has 0 aliphatic heterocycles. The zero-order valence-corrected chi connectivity index (χ0v) is 22.6. The lowest BCUT2D eigenvalue weighted by Gasteiger charge is -2.25. The molecule has 0 atom stereocenters. The van der Waals surface area contributed by atoms with Gasteiger partial charge in [-0.15, -0.1) is 12.4 Å². The van der Waals surface area contributed by atoms with Crippen LogP contribution >= 0.6 is 24.0 Å². The molecule has 0 saturated carbocycles. The van der Waals surface area contributed by atoms with Gasteiger partial charge in [0.2, 0.25) is 0 Å². The van der Waals surface area contributed by atoms with E-state index in [0.717, 1.165) is 11.1 Å². The molecule has 38 heavy (non-hydrogen) atoms. The Balaban J connectivity index is 0.00000400. The van der Waals surface area contributed by atoms with Gasteiger partial charge in [-0.3, -0.25) is 13.9 Å². The quantitative estimate of drug-likeness (QED) is 0.177. The van der Waals surface area contributed by atoms with Crippen LogP contribution in [0.5, 0.6) is 0 Å². The number of amides is 1. The Morgan fingerprint density at radius 3 is 2.13 bits per heavy atom. The van der Waals surface area contributed by atoms with E-state index in [2.05, 4.69) is 5.48 Å². The van der Waals surface area contributed by atoms with Crippen molar-refractivity contribution >= 4 is 51.7 Å². The zero-order valence-electron chi connectivity index (χ0n) is 20.2. The van der Waals surface area contributed by atoms with E-state index < -0.39 is 15.9 Å². The Morgan fingerprint density at radius 1 is 0.842 bits per heavy atom. The van der Waals surface area contributed by atoms with Crippen LogP contribution in [0.15, 0.2) is 120 Å². The fraction of sp³-hybridized carbons (Fsp3) is 0.0690. The Bertz CT molecular complexity index is 1460. The van der Waals surface area contributed by atoms with Crippen molar-refractivity contribution < 1.29 is 18.0 Å². The van der Waals surface area contributed by atoms with E-state index in [1.807, 2.05) is 60.7 Å². The van der Waals surface area contributed by atoms with Crippen LogP contribution in [0.25, 0.3) is 6.08 Å². The maximum Gasteiger partial charge on any atom is 0.267 e. The second-order valence-corrected chi connectivity index (χ2v) is 10.4. The number of para-hydroxylation sites is 1. The second kappa shape index (κ2) is 13.8. The van der Waals surface area contributed by atoms with Gasteiger partial charge in [-0.2, -0.15) is 0 Å². The predicted octanol–water partition coefficient (Wildman–Crippen LogP) is 6.42. The molecule has 196 valence electrons. The summed E-state index contributed by atoms with van der Waals surface area (Å²) in [6.45, 7) is 0.299. The molecule has 0 fully saturated rings. The lowest BCUT2D eigenvalue weighted by atomic mass is 10.1. The Morgan fingerprint density at radius 2 is 1.45 bits per heavy atom. The maximum absolute atomic E-state index is 13.6. The Hall–Kier alpha value is -3.62. The first-order valence-electron chi connectivity index (χ1n) is 11.5. The third-order valence-corrected chi connectivity index (χ3v) is 7.52. The third-order valence-electron chi connectivity index (χ3n) is 5.48. The number of rotatable bonds is 10. The van der Waals surface area contributed by atoms with Crippen LogP contribution in [-0.4, -0.2) is 14.3 Å². The summed E-state index contributed by atoms with van der Waals surface area (Å²) >= 11 is 5.97. The summed E-state index contributed by atoms with van der Waals surface area (Å²) in [5.74, 6) is -0.431. The van der Waals surface area contributed by atoms with Gasteiger partial charge < -0.3 is 0 Å². The molecular formula is C29H26Cl2N2O4S. The van der Waals surface area contributed by atoms with Gasteiger partial charge in [0.15, 0.2) is 0 Å². The fourth-order valence-corrected chi connectivity index (χ4v) is 5.17. The molecule has 4 rings (SSSR count). The van der Waals surface area contributed by atoms with E-state index in [1.54, 1.807) is 42.5 Å². The number of carbonyl (C=O) groups excluding carboxylic acids is 1. The van der Waals surface area contributed by atoms with Gasteiger partial charge in [0.25, 0.3) is 15.9 Å². The average Bonchev–Trinajstić information content (AvgIpc) is 2.92. The van der Waals surface area contributed by atoms with E-state index in [1.165, 1.54) is 22.5 Å². The normalized spacial score (nSPS) is 11.1. The van der Waals surface area contributed by atoms with Gasteiger partial charge in [0.1, 0.15) is 0 Å². The van der Waals surface area contributed by atoms with Crippen molar-refractivity contribution in [2.45, 2.75) is 18.0 Å². The fourth-order valence-electron chi connectivity index (χ4n) is 3.60. The first-order chi connectivity index (χ1) is 17.9. The SMILES string of the molecule is Cl.O=C(C=Cc1ccccc1CN(c1ccccc1)S(=O)(=O)c1ccc(Cl)cc1)NOCc1ccccc1. The smallest absolute Gasteiger partial charge is 0.267 e. The summed E-state index contributed by atoms with van der Waals surface area (Å²) in [7, 11) is -3.90. The van der Waals surface area contributed by atoms with E-state index in [4.69, 9.17) is 16.4 Å². The van der Waals surface area contributed by atoms with Crippen molar-refractivity contribution in [3.05, 3.63) is 137 Å². The molecule has 9 heteroatoms. The summed E-state index contributed by atoms with van der Waals surface area (Å²) < 4.78 is 28.6. The number of nitrogens with one attached hydrogen (secondary N) is 1. The van der Waals surface area contributed by atoms with Gasteiger partial charge in [0.05, 0.1) is 23.7 Å². The first-order valence-corrected chi connectivity index (χ1v) is 13.3. The molecule has 4 aromatic carbocycles. The molecule has 6 nitrogen and oxygen atoms in total. The molecule has 1 N–H and O–H groups in total. The van der Waals surface area contributed by atoms with Gasteiger partial charge >= 0.3 is 0 Å². The van der Waals surface area contributed by atoms with Crippen molar-refractivity contribution in [3.63, 3.8) is 0 Å². The van der Waals surface area contributed by atoms with Crippen LogP contribution in [0.1, 0.15) is 16.7 Å². The highest BCUT2D eigenvalue weighted by Crippen LogP contribution is 2.27.